The summed E-state index contributed by atoms with van der Waals surface area (Å²) >= 11 is 1.30. The molecule has 2 aromatic carbocycles. The van der Waals surface area contributed by atoms with Crippen molar-refractivity contribution in [3.05, 3.63) is 53.0 Å². The third kappa shape index (κ3) is 4.31. The molecule has 2 heterocycles. The van der Waals surface area contributed by atoms with Crippen molar-refractivity contribution in [2.75, 3.05) is 32.6 Å². The van der Waals surface area contributed by atoms with Crippen molar-refractivity contribution in [2.24, 2.45) is 0 Å². The fraction of sp³-hybridized carbons (Fsp3) is 0.300. The number of fused-ring (bicyclic) bond motifs is 2. The predicted molar refractivity (Wildman–Crippen MR) is 117 cm³/mol. The molecule has 1 aliphatic rings. The van der Waals surface area contributed by atoms with Crippen LogP contribution in [0.25, 0.3) is 10.8 Å². The van der Waals surface area contributed by atoms with Gasteiger partial charge in [-0.15, -0.1) is 11.3 Å². The van der Waals surface area contributed by atoms with Gasteiger partial charge >= 0.3 is 0 Å². The van der Waals surface area contributed by atoms with Crippen LogP contribution in [0.2, 0.25) is 0 Å². The molecule has 1 amide bonds. The van der Waals surface area contributed by atoms with Crippen LogP contribution in [0, 0.1) is 0 Å². The number of carbonyl (C=O) groups is 1. The lowest BCUT2D eigenvalue weighted by Crippen LogP contribution is -2.42. The highest BCUT2D eigenvalue weighted by Gasteiger charge is 2.30. The Labute approximate surface area is 179 Å². The van der Waals surface area contributed by atoms with Crippen molar-refractivity contribution in [1.82, 2.24) is 13.6 Å². The summed E-state index contributed by atoms with van der Waals surface area (Å²) in [4.78, 5) is 17.6. The van der Waals surface area contributed by atoms with E-state index in [0.717, 1.165) is 21.3 Å². The minimum atomic E-state index is -3.47. The molecule has 4 rings (SSSR count). The monoisotopic (exact) mass is 446 g/mol. The molecule has 0 saturated carbocycles. The summed E-state index contributed by atoms with van der Waals surface area (Å²) < 4.78 is 32.9. The molecule has 1 aromatic heterocycles. The van der Waals surface area contributed by atoms with Crippen LogP contribution in [0.15, 0.2) is 42.5 Å². The molecule has 0 bridgehead atoms. The number of rotatable bonds is 6. The molecule has 0 atom stereocenters. The van der Waals surface area contributed by atoms with Crippen LogP contribution in [0.4, 0.5) is 5.13 Å². The minimum Gasteiger partial charge on any atom is -0.484 e. The maximum Gasteiger partial charge on any atom is 0.281 e. The van der Waals surface area contributed by atoms with Crippen molar-refractivity contribution in [2.45, 2.75) is 13.0 Å². The first-order chi connectivity index (χ1) is 14.3. The number of ether oxygens (including phenoxy) is 1. The number of amides is 1. The van der Waals surface area contributed by atoms with Crippen molar-refractivity contribution in [3.63, 3.8) is 0 Å². The molecule has 0 radical (unpaired) electrons. The molecule has 0 spiro atoms. The Bertz CT molecular complexity index is 1190. The van der Waals surface area contributed by atoms with E-state index in [2.05, 4.69) is 10.3 Å². The fourth-order valence-electron chi connectivity index (χ4n) is 3.21. The van der Waals surface area contributed by atoms with Gasteiger partial charge in [0.15, 0.2) is 11.7 Å². The average molecular weight is 447 g/mol. The Morgan fingerprint density at radius 3 is 2.77 bits per heavy atom. The lowest BCUT2D eigenvalue weighted by atomic mass is 10.1. The van der Waals surface area contributed by atoms with Crippen LogP contribution in [-0.4, -0.2) is 55.2 Å². The van der Waals surface area contributed by atoms with E-state index >= 15 is 0 Å². The van der Waals surface area contributed by atoms with Gasteiger partial charge in [0.05, 0.1) is 12.2 Å². The molecule has 0 fully saturated rings. The second-order valence-electron chi connectivity index (χ2n) is 7.11. The van der Waals surface area contributed by atoms with Gasteiger partial charge in [0.2, 0.25) is 0 Å². The highest BCUT2D eigenvalue weighted by molar-refractivity contribution is 7.86. The highest BCUT2D eigenvalue weighted by Crippen LogP contribution is 2.30. The van der Waals surface area contributed by atoms with Crippen molar-refractivity contribution >= 4 is 43.4 Å². The van der Waals surface area contributed by atoms with Gasteiger partial charge in [0.25, 0.3) is 16.1 Å². The summed E-state index contributed by atoms with van der Waals surface area (Å²) in [6.45, 7) is 0.496. The van der Waals surface area contributed by atoms with Crippen molar-refractivity contribution < 1.29 is 17.9 Å². The van der Waals surface area contributed by atoms with Crippen LogP contribution < -0.4 is 10.1 Å². The zero-order valence-corrected chi connectivity index (χ0v) is 18.3. The molecule has 10 heteroatoms. The van der Waals surface area contributed by atoms with Crippen LogP contribution in [0.5, 0.6) is 5.75 Å². The van der Waals surface area contributed by atoms with Crippen LogP contribution >= 0.6 is 11.3 Å². The van der Waals surface area contributed by atoms with Gasteiger partial charge < -0.3 is 4.74 Å². The molecule has 8 nitrogen and oxygen atoms in total. The first-order valence-electron chi connectivity index (χ1n) is 9.40. The Balaban J connectivity index is 1.37. The topological polar surface area (TPSA) is 91.8 Å². The second-order valence-corrected chi connectivity index (χ2v) is 10.3. The Hall–Kier alpha value is -2.53. The summed E-state index contributed by atoms with van der Waals surface area (Å²) in [5.74, 6) is 0.304. The average Bonchev–Trinajstić information content (AvgIpc) is 3.13. The largest absolute Gasteiger partial charge is 0.484 e. The molecule has 0 aliphatic carbocycles. The molecule has 0 unspecified atom stereocenters. The van der Waals surface area contributed by atoms with Gasteiger partial charge in [0, 0.05) is 31.9 Å². The van der Waals surface area contributed by atoms with E-state index < -0.39 is 10.2 Å². The maximum atomic E-state index is 12.3. The normalized spacial score (nSPS) is 14.6. The van der Waals surface area contributed by atoms with Crippen LogP contribution in [0.3, 0.4) is 0 Å². The fourth-order valence-corrected chi connectivity index (χ4v) is 5.41. The third-order valence-corrected chi connectivity index (χ3v) is 7.71. The van der Waals surface area contributed by atoms with Gasteiger partial charge in [-0.3, -0.25) is 10.1 Å². The summed E-state index contributed by atoms with van der Waals surface area (Å²) in [5, 5.41) is 5.35. The zero-order valence-electron chi connectivity index (χ0n) is 16.7. The summed E-state index contributed by atoms with van der Waals surface area (Å²) in [5.41, 5.74) is 0.830. The SMILES string of the molecule is CN(C)S(=O)(=O)N1CCc2nc(NC(=O)COc3ccc4ccccc4c3)sc2C1. The molecule has 30 heavy (non-hydrogen) atoms. The van der Waals surface area contributed by atoms with E-state index in [4.69, 9.17) is 4.74 Å². The van der Waals surface area contributed by atoms with Gasteiger partial charge in [0.1, 0.15) is 5.75 Å². The Morgan fingerprint density at radius 2 is 2.00 bits per heavy atom. The summed E-state index contributed by atoms with van der Waals surface area (Å²) in [6, 6.07) is 13.6. The molecule has 0 saturated heterocycles. The number of carbonyl (C=O) groups excluding carboxylic acids is 1. The number of hydrogen-bond donors (Lipinski definition) is 1. The number of thiazole rings is 1. The van der Waals surface area contributed by atoms with E-state index in [1.807, 2.05) is 42.5 Å². The highest BCUT2D eigenvalue weighted by atomic mass is 32.2. The lowest BCUT2D eigenvalue weighted by Gasteiger charge is -2.27. The van der Waals surface area contributed by atoms with Crippen LogP contribution in [0.1, 0.15) is 10.6 Å². The van der Waals surface area contributed by atoms with Gasteiger partial charge in [-0.25, -0.2) is 4.98 Å². The number of anilines is 1. The Kier molecular flexibility index (Phi) is 5.74. The van der Waals surface area contributed by atoms with Gasteiger partial charge in [-0.1, -0.05) is 30.3 Å². The first-order valence-corrected chi connectivity index (χ1v) is 11.6. The molecule has 158 valence electrons. The second kappa shape index (κ2) is 8.31. The quantitative estimate of drug-likeness (QED) is 0.628. The minimum absolute atomic E-state index is 0.135. The van der Waals surface area contributed by atoms with E-state index in [-0.39, 0.29) is 19.1 Å². The molecular formula is C20H22N4O4S2. The van der Waals surface area contributed by atoms with Crippen molar-refractivity contribution in [3.8, 4) is 5.75 Å². The predicted octanol–water partition coefficient (Wildman–Crippen LogP) is 2.48. The van der Waals surface area contributed by atoms with E-state index in [1.54, 1.807) is 0 Å². The van der Waals surface area contributed by atoms with Crippen LogP contribution in [-0.2, 0) is 28.0 Å². The zero-order chi connectivity index (χ0) is 21.3. The van der Waals surface area contributed by atoms with Crippen molar-refractivity contribution in [1.29, 1.82) is 0 Å². The first kappa shape index (κ1) is 20.7. The standard InChI is InChI=1S/C20H22N4O4S2/c1-23(2)30(26,27)24-10-9-17-18(12-24)29-20(21-17)22-19(25)13-28-16-8-7-14-5-3-4-6-15(14)11-16/h3-8,11H,9-10,12-13H2,1-2H3,(H,21,22,25). The number of benzene rings is 2. The number of nitrogens with zero attached hydrogens (tertiary/aromatic N) is 3. The summed E-state index contributed by atoms with van der Waals surface area (Å²) in [7, 11) is -0.448. The maximum absolute atomic E-state index is 12.3. The van der Waals surface area contributed by atoms with E-state index in [0.29, 0.717) is 23.8 Å². The smallest absolute Gasteiger partial charge is 0.281 e. The number of nitrogens with one attached hydrogen (secondary N) is 1. The van der Waals surface area contributed by atoms with Gasteiger partial charge in [-0.2, -0.15) is 17.0 Å². The molecule has 3 aromatic rings. The number of aromatic nitrogens is 1. The molecule has 1 aliphatic heterocycles. The Morgan fingerprint density at radius 1 is 1.23 bits per heavy atom. The molecule has 1 N–H and O–H groups in total. The van der Waals surface area contributed by atoms with E-state index in [1.165, 1.54) is 34.0 Å². The summed E-state index contributed by atoms with van der Waals surface area (Å²) in [6.07, 6.45) is 0.516. The third-order valence-electron chi connectivity index (χ3n) is 4.82. The molecular weight excluding hydrogens is 424 g/mol. The number of hydrogen-bond acceptors (Lipinski definition) is 6. The van der Waals surface area contributed by atoms with E-state index in [9.17, 15) is 13.2 Å². The lowest BCUT2D eigenvalue weighted by molar-refractivity contribution is -0.118. The van der Waals surface area contributed by atoms with Gasteiger partial charge in [-0.05, 0) is 22.9 Å².